The number of amides is 1. The lowest BCUT2D eigenvalue weighted by Crippen LogP contribution is -2.74. The third-order valence-electron chi connectivity index (χ3n) is 11.9. The highest BCUT2D eigenvalue weighted by Gasteiger charge is 2.60. The number of carbonyl (C=O) groups is 2. The Hall–Kier alpha value is -2.49. The van der Waals surface area contributed by atoms with Gasteiger partial charge in [-0.25, -0.2) is 4.39 Å². The predicted molar refractivity (Wildman–Crippen MR) is 170 cm³/mol. The number of ether oxygens (including phenoxy) is 1. The quantitative estimate of drug-likeness (QED) is 0.446. The number of benzene rings is 1. The lowest BCUT2D eigenvalue weighted by Gasteiger charge is -2.61. The number of morpholine rings is 1. The molecule has 9 heteroatoms. The van der Waals surface area contributed by atoms with Crippen LogP contribution < -0.4 is 15.5 Å². The Balaban J connectivity index is 1.17. The number of rotatable bonds is 7. The second kappa shape index (κ2) is 12.4. The zero-order valence-electron chi connectivity index (χ0n) is 26.6. The van der Waals surface area contributed by atoms with Crippen molar-refractivity contribution in [1.29, 1.82) is 0 Å². The minimum atomic E-state index is -1.21. The summed E-state index contributed by atoms with van der Waals surface area (Å²) in [6, 6.07) is 7.52. The van der Waals surface area contributed by atoms with Gasteiger partial charge >= 0.3 is 0 Å². The molecule has 3 aliphatic heterocycles. The molecule has 44 heavy (non-hydrogen) atoms. The summed E-state index contributed by atoms with van der Waals surface area (Å²) >= 11 is 0. The van der Waals surface area contributed by atoms with Crippen LogP contribution in [0.2, 0.25) is 0 Å². The Labute approximate surface area is 261 Å². The number of carbonyl (C=O) groups excluding carboxylic acids is 2. The van der Waals surface area contributed by atoms with E-state index in [0.29, 0.717) is 23.6 Å². The molecule has 5 fully saturated rings. The van der Waals surface area contributed by atoms with E-state index in [1.807, 2.05) is 49.5 Å². The maximum atomic E-state index is 16.2. The molecule has 7 rings (SSSR count). The summed E-state index contributed by atoms with van der Waals surface area (Å²) in [5.41, 5.74) is 1.81. The number of nitrogens with zero attached hydrogens (tertiary/aromatic N) is 3. The molecule has 1 amide bonds. The van der Waals surface area contributed by atoms with Gasteiger partial charge in [0.1, 0.15) is 6.17 Å². The van der Waals surface area contributed by atoms with Gasteiger partial charge in [0.25, 0.3) is 5.91 Å². The molecule has 2 saturated heterocycles. The van der Waals surface area contributed by atoms with Crippen molar-refractivity contribution >= 4 is 23.1 Å². The van der Waals surface area contributed by atoms with E-state index < -0.39 is 30.1 Å². The van der Waals surface area contributed by atoms with E-state index in [4.69, 9.17) is 4.74 Å². The molecule has 0 bridgehead atoms. The largest absolute Gasteiger partial charge is 0.378 e. The second-order valence-electron chi connectivity index (χ2n) is 14.6. The Morgan fingerprint density at radius 2 is 1.84 bits per heavy atom. The van der Waals surface area contributed by atoms with Gasteiger partial charge in [-0.2, -0.15) is 0 Å². The molecule has 10 atom stereocenters. The molecule has 3 heterocycles. The van der Waals surface area contributed by atoms with Crippen molar-refractivity contribution in [2.45, 2.75) is 107 Å². The number of ketones is 1. The molecule has 1 aromatic rings. The van der Waals surface area contributed by atoms with Crippen LogP contribution >= 0.6 is 0 Å². The van der Waals surface area contributed by atoms with E-state index in [0.717, 1.165) is 44.5 Å². The fraction of sp³-hybridized carbons (Fsp3) is 0.714. The maximum Gasteiger partial charge on any atom is 0.260 e. The zero-order valence-corrected chi connectivity index (χ0v) is 26.6. The first kappa shape index (κ1) is 30.2. The molecule has 10 unspecified atom stereocenters. The number of hydrogen-bond acceptors (Lipinski definition) is 7. The van der Waals surface area contributed by atoms with Crippen LogP contribution in [-0.2, 0) is 14.3 Å². The first-order valence-corrected chi connectivity index (χ1v) is 17.2. The Morgan fingerprint density at radius 3 is 2.59 bits per heavy atom. The number of nitrogens with one attached hydrogen (secondary N) is 2. The second-order valence-corrected chi connectivity index (χ2v) is 14.6. The summed E-state index contributed by atoms with van der Waals surface area (Å²) in [4.78, 5) is 34.4. The standard InChI is InChI=1S/C35H50FN5O3/c1-39(2)23-13-11-22(12-14-23)38-35(43)27-20-41-29-15-10-21-7-4-5-9-25(21)33(29)44-34-30(28(36)19-26(31(34)41)32(27)42)37-17-16-24-8-6-18-40(24)3/h11-14,20-21,24-26,28-31,33-34,37H,4-10,15-19H2,1-3H3,(H,38,43). The van der Waals surface area contributed by atoms with Gasteiger partial charge in [-0.15, -0.1) is 0 Å². The molecule has 2 N–H and O–H groups in total. The van der Waals surface area contributed by atoms with E-state index in [2.05, 4.69) is 27.5 Å². The van der Waals surface area contributed by atoms with Crippen LogP contribution in [-0.4, -0.2) is 98.3 Å². The summed E-state index contributed by atoms with van der Waals surface area (Å²) in [6.45, 7) is 1.86. The van der Waals surface area contributed by atoms with Crippen LogP contribution in [0.4, 0.5) is 15.8 Å². The van der Waals surface area contributed by atoms with E-state index >= 15 is 4.39 Å². The van der Waals surface area contributed by atoms with Crippen molar-refractivity contribution in [2.75, 3.05) is 44.4 Å². The molecule has 8 nitrogen and oxygen atoms in total. The molecule has 240 valence electrons. The summed E-state index contributed by atoms with van der Waals surface area (Å²) in [6.07, 6.45) is 10.7. The Bertz CT molecular complexity index is 1260. The number of Topliss-reactive ketones (excluding diaryl/α,β-unsaturated/α-hetero) is 1. The fourth-order valence-electron chi connectivity index (χ4n) is 9.57. The first-order valence-electron chi connectivity index (χ1n) is 17.2. The van der Waals surface area contributed by atoms with Crippen LogP contribution in [0, 0.1) is 17.8 Å². The predicted octanol–water partition coefficient (Wildman–Crippen LogP) is 4.37. The molecule has 0 radical (unpaired) electrons. The first-order chi connectivity index (χ1) is 21.3. The van der Waals surface area contributed by atoms with E-state index in [1.54, 1.807) is 0 Å². The molecular formula is C35H50FN5O3. The van der Waals surface area contributed by atoms with Crippen LogP contribution in [0.15, 0.2) is 36.0 Å². The van der Waals surface area contributed by atoms with Crippen LogP contribution in [0.3, 0.4) is 0 Å². The average Bonchev–Trinajstić information content (AvgIpc) is 3.43. The lowest BCUT2D eigenvalue weighted by atomic mass is 9.64. The molecule has 0 spiro atoms. The smallest absolute Gasteiger partial charge is 0.260 e. The molecular weight excluding hydrogens is 557 g/mol. The van der Waals surface area contributed by atoms with Gasteiger partial charge in [-0.1, -0.05) is 19.3 Å². The highest BCUT2D eigenvalue weighted by Crippen LogP contribution is 2.50. The highest BCUT2D eigenvalue weighted by atomic mass is 19.1. The Morgan fingerprint density at radius 1 is 1.05 bits per heavy atom. The third-order valence-corrected chi connectivity index (χ3v) is 11.9. The van der Waals surface area contributed by atoms with Crippen molar-refractivity contribution in [1.82, 2.24) is 15.1 Å². The number of hydrogen-bond donors (Lipinski definition) is 2. The van der Waals surface area contributed by atoms with Gasteiger partial charge in [-0.3, -0.25) is 9.59 Å². The van der Waals surface area contributed by atoms with E-state index in [9.17, 15) is 9.59 Å². The summed E-state index contributed by atoms with van der Waals surface area (Å²) in [7, 11) is 6.12. The molecule has 0 aromatic heterocycles. The topological polar surface area (TPSA) is 77.2 Å². The average molecular weight is 608 g/mol. The summed E-state index contributed by atoms with van der Waals surface area (Å²) < 4.78 is 23.3. The molecule has 3 saturated carbocycles. The third kappa shape index (κ3) is 5.47. The van der Waals surface area contributed by atoms with Gasteiger partial charge in [0.15, 0.2) is 5.78 Å². The molecule has 1 aromatic carbocycles. The van der Waals surface area contributed by atoms with Crippen molar-refractivity contribution in [3.63, 3.8) is 0 Å². The number of fused-ring (bicyclic) bond motifs is 4. The Kier molecular flexibility index (Phi) is 8.48. The number of likely N-dealkylation sites (tertiary alicyclic amines) is 1. The molecule has 6 aliphatic rings. The van der Waals surface area contributed by atoms with Gasteiger partial charge in [0.2, 0.25) is 0 Å². The van der Waals surface area contributed by atoms with Gasteiger partial charge < -0.3 is 30.1 Å². The number of halogens is 1. The van der Waals surface area contributed by atoms with Crippen LogP contribution in [0.1, 0.15) is 64.2 Å². The van der Waals surface area contributed by atoms with Crippen molar-refractivity contribution < 1.29 is 18.7 Å². The monoisotopic (exact) mass is 607 g/mol. The van der Waals surface area contributed by atoms with Gasteiger partial charge in [0.05, 0.1) is 35.9 Å². The van der Waals surface area contributed by atoms with Crippen LogP contribution in [0.5, 0.6) is 0 Å². The van der Waals surface area contributed by atoms with Crippen molar-refractivity contribution in [3.05, 3.63) is 36.0 Å². The maximum absolute atomic E-state index is 16.2. The van der Waals surface area contributed by atoms with E-state index in [1.165, 1.54) is 32.1 Å². The SMILES string of the molecule is CN(C)c1ccc(NC(=O)C2=CN3C4CCC5CCCCC5C4OC4C(NCCC5CCCN5C)C(F)CC(C2=O)C43)cc1. The fourth-order valence-corrected chi connectivity index (χ4v) is 9.57. The lowest BCUT2D eigenvalue weighted by molar-refractivity contribution is -0.220. The molecule has 3 aliphatic carbocycles. The zero-order chi connectivity index (χ0) is 30.5. The summed E-state index contributed by atoms with van der Waals surface area (Å²) in [5, 5.41) is 6.56. The van der Waals surface area contributed by atoms with Gasteiger partial charge in [0, 0.05) is 43.6 Å². The van der Waals surface area contributed by atoms with Crippen LogP contribution in [0.25, 0.3) is 0 Å². The van der Waals surface area contributed by atoms with Gasteiger partial charge in [-0.05, 0) is 101 Å². The number of anilines is 2. The highest BCUT2D eigenvalue weighted by molar-refractivity contribution is 6.24. The number of alkyl halides is 1. The minimum Gasteiger partial charge on any atom is -0.378 e. The van der Waals surface area contributed by atoms with Crippen molar-refractivity contribution in [2.24, 2.45) is 17.8 Å². The van der Waals surface area contributed by atoms with E-state index in [-0.39, 0.29) is 36.0 Å². The van der Waals surface area contributed by atoms with Crippen molar-refractivity contribution in [3.8, 4) is 0 Å². The normalized spacial score (nSPS) is 38.3. The minimum absolute atomic E-state index is 0.00106. The summed E-state index contributed by atoms with van der Waals surface area (Å²) in [5.74, 6) is -0.155.